The Hall–Kier alpha value is -4.21. The molecule has 37 heavy (non-hydrogen) atoms. The predicted octanol–water partition coefficient (Wildman–Crippen LogP) is 5.63. The number of anilines is 4. The number of carbonyl (C=O) groups is 1. The van der Waals surface area contributed by atoms with Crippen molar-refractivity contribution in [2.45, 2.75) is 19.4 Å². The Labute approximate surface area is 218 Å². The first-order valence-corrected chi connectivity index (χ1v) is 13.2. The Balaban J connectivity index is 1.17. The van der Waals surface area contributed by atoms with Crippen LogP contribution in [-0.4, -0.2) is 38.3 Å². The molecule has 1 amide bonds. The average Bonchev–Trinajstić information content (AvgIpc) is 3.67. The molecule has 6 rings (SSSR count). The van der Waals surface area contributed by atoms with Gasteiger partial charge in [0.05, 0.1) is 23.3 Å². The number of thiazole rings is 1. The molecule has 3 aromatic heterocycles. The number of imidazole rings is 1. The van der Waals surface area contributed by atoms with Gasteiger partial charge in [-0.05, 0) is 74.5 Å². The van der Waals surface area contributed by atoms with Crippen molar-refractivity contribution in [3.8, 4) is 11.4 Å². The van der Waals surface area contributed by atoms with Gasteiger partial charge in [-0.2, -0.15) is 0 Å². The topological polar surface area (TPSA) is 101 Å². The van der Waals surface area contributed by atoms with Crippen LogP contribution in [0.1, 0.15) is 28.9 Å². The van der Waals surface area contributed by atoms with E-state index in [9.17, 15) is 4.79 Å². The minimum atomic E-state index is -0.210. The van der Waals surface area contributed by atoms with Crippen molar-refractivity contribution in [1.29, 1.82) is 0 Å². The van der Waals surface area contributed by atoms with Crippen LogP contribution in [0.5, 0.6) is 0 Å². The van der Waals surface area contributed by atoms with E-state index in [0.717, 1.165) is 47.5 Å². The van der Waals surface area contributed by atoms with Gasteiger partial charge in [-0.15, -0.1) is 11.3 Å². The molecule has 0 unspecified atom stereocenters. The Bertz CT molecular complexity index is 1550. The number of pyridine rings is 1. The summed E-state index contributed by atoms with van der Waals surface area (Å²) in [6, 6.07) is 20.8. The van der Waals surface area contributed by atoms with Gasteiger partial charge in [0, 0.05) is 28.9 Å². The van der Waals surface area contributed by atoms with Crippen LogP contribution in [0, 0.1) is 0 Å². The number of para-hydroxylation sites is 2. The van der Waals surface area contributed by atoms with Crippen molar-refractivity contribution in [2.75, 3.05) is 29.5 Å². The minimum absolute atomic E-state index is 0.210. The van der Waals surface area contributed by atoms with Gasteiger partial charge in [0.1, 0.15) is 11.3 Å². The second-order valence-corrected chi connectivity index (χ2v) is 9.98. The third-order valence-electron chi connectivity index (χ3n) is 6.57. The summed E-state index contributed by atoms with van der Waals surface area (Å²) < 4.78 is 2.21. The third kappa shape index (κ3) is 4.91. The number of nitrogens with one attached hydrogen (secondary N) is 2. The zero-order valence-corrected chi connectivity index (χ0v) is 21.0. The maximum absolute atomic E-state index is 12.6. The van der Waals surface area contributed by atoms with E-state index < -0.39 is 0 Å². The fourth-order valence-electron chi connectivity index (χ4n) is 4.66. The van der Waals surface area contributed by atoms with Crippen molar-refractivity contribution in [1.82, 2.24) is 19.3 Å². The number of amides is 1. The Morgan fingerprint density at radius 1 is 1.00 bits per heavy atom. The van der Waals surface area contributed by atoms with Crippen LogP contribution in [0.15, 0.2) is 78.3 Å². The van der Waals surface area contributed by atoms with Crippen molar-refractivity contribution in [3.05, 3.63) is 89.6 Å². The van der Waals surface area contributed by atoms with Crippen LogP contribution in [0.25, 0.3) is 17.0 Å². The number of rotatable bonds is 7. The van der Waals surface area contributed by atoms with Crippen molar-refractivity contribution in [2.24, 2.45) is 0 Å². The molecule has 1 aliphatic rings. The number of nitrogens with two attached hydrogens (primary N) is 1. The number of nitrogen functional groups attached to an aromatic ring is 1. The number of nitrogens with zero attached hydrogens (tertiary/aromatic N) is 4. The molecule has 4 N–H and O–H groups in total. The van der Waals surface area contributed by atoms with Gasteiger partial charge in [-0.1, -0.05) is 18.2 Å². The number of benzene rings is 2. The summed E-state index contributed by atoms with van der Waals surface area (Å²) in [5, 5.41) is 9.02. The summed E-state index contributed by atoms with van der Waals surface area (Å²) >= 11 is 1.54. The van der Waals surface area contributed by atoms with Crippen LogP contribution >= 0.6 is 11.3 Å². The average molecular weight is 510 g/mol. The Morgan fingerprint density at radius 3 is 2.62 bits per heavy atom. The van der Waals surface area contributed by atoms with Crippen LogP contribution in [-0.2, 0) is 6.54 Å². The molecule has 4 heterocycles. The maximum Gasteiger partial charge on any atom is 0.255 e. The summed E-state index contributed by atoms with van der Waals surface area (Å²) in [4.78, 5) is 24.6. The lowest BCUT2D eigenvalue weighted by Crippen LogP contribution is -2.20. The van der Waals surface area contributed by atoms with Crippen molar-refractivity contribution >= 4 is 45.1 Å². The first-order chi connectivity index (χ1) is 18.1. The molecule has 9 heteroatoms. The van der Waals surface area contributed by atoms with Gasteiger partial charge in [0.25, 0.3) is 5.91 Å². The largest absolute Gasteiger partial charge is 0.397 e. The lowest BCUT2D eigenvalue weighted by Gasteiger charge is -2.16. The molecule has 0 saturated carbocycles. The number of likely N-dealkylation sites (tertiary alicyclic amines) is 1. The summed E-state index contributed by atoms with van der Waals surface area (Å²) in [7, 11) is 0. The Kier molecular flexibility index (Phi) is 6.30. The van der Waals surface area contributed by atoms with Gasteiger partial charge in [-0.3, -0.25) is 14.1 Å². The van der Waals surface area contributed by atoms with E-state index in [1.54, 1.807) is 24.3 Å². The predicted molar refractivity (Wildman–Crippen MR) is 149 cm³/mol. The zero-order chi connectivity index (χ0) is 25.2. The van der Waals surface area contributed by atoms with Crippen molar-refractivity contribution < 1.29 is 4.79 Å². The molecule has 1 saturated heterocycles. The molecule has 0 atom stereocenters. The highest BCUT2D eigenvalue weighted by molar-refractivity contribution is 7.14. The smallest absolute Gasteiger partial charge is 0.255 e. The maximum atomic E-state index is 12.6. The normalized spacial score (nSPS) is 13.7. The standard InChI is InChI=1S/C28H27N7OS/c29-22-7-1-2-8-23(22)32-27(36)19-10-12-20(13-11-19)31-28-33-24(18-37-28)25-16-30-26-9-5-6-21(35(25)26)17-34-14-3-4-15-34/h1-2,5-13,16,18H,3-4,14-15,17,29H2,(H,31,33)(H,32,36). The van der Waals surface area contributed by atoms with Crippen LogP contribution in [0.2, 0.25) is 0 Å². The highest BCUT2D eigenvalue weighted by Crippen LogP contribution is 2.29. The van der Waals surface area contributed by atoms with E-state index >= 15 is 0 Å². The number of aromatic nitrogens is 3. The van der Waals surface area contributed by atoms with Gasteiger partial charge in [0.2, 0.25) is 0 Å². The molecule has 8 nitrogen and oxygen atoms in total. The highest BCUT2D eigenvalue weighted by Gasteiger charge is 2.17. The zero-order valence-electron chi connectivity index (χ0n) is 20.2. The second kappa shape index (κ2) is 10.0. The number of fused-ring (bicyclic) bond motifs is 1. The SMILES string of the molecule is Nc1ccccc1NC(=O)c1ccc(Nc2nc(-c3cnc4cccc(CN5CCCC5)n34)cs2)cc1. The van der Waals surface area contributed by atoms with Crippen LogP contribution in [0.4, 0.5) is 22.2 Å². The lowest BCUT2D eigenvalue weighted by atomic mass is 10.2. The molecule has 0 spiro atoms. The highest BCUT2D eigenvalue weighted by atomic mass is 32.1. The van der Waals surface area contributed by atoms with Crippen LogP contribution < -0.4 is 16.4 Å². The number of hydrogen-bond donors (Lipinski definition) is 3. The van der Waals surface area contributed by atoms with E-state index in [-0.39, 0.29) is 5.91 Å². The summed E-state index contributed by atoms with van der Waals surface area (Å²) in [5.41, 5.74) is 12.5. The summed E-state index contributed by atoms with van der Waals surface area (Å²) in [6.07, 6.45) is 4.43. The molecule has 1 fully saturated rings. The molecule has 5 aromatic rings. The van der Waals surface area contributed by atoms with Crippen LogP contribution in [0.3, 0.4) is 0 Å². The number of hydrogen-bond acceptors (Lipinski definition) is 7. The molecule has 2 aromatic carbocycles. The monoisotopic (exact) mass is 509 g/mol. The van der Waals surface area contributed by atoms with Crippen molar-refractivity contribution in [3.63, 3.8) is 0 Å². The summed E-state index contributed by atoms with van der Waals surface area (Å²) in [5.74, 6) is -0.210. The molecular weight excluding hydrogens is 482 g/mol. The van der Waals surface area contributed by atoms with E-state index in [1.807, 2.05) is 41.9 Å². The molecule has 1 aliphatic heterocycles. The van der Waals surface area contributed by atoms with Gasteiger partial charge < -0.3 is 16.4 Å². The second-order valence-electron chi connectivity index (χ2n) is 9.12. The van der Waals surface area contributed by atoms with E-state index in [2.05, 4.69) is 37.1 Å². The first kappa shape index (κ1) is 23.2. The van der Waals surface area contributed by atoms with E-state index in [4.69, 9.17) is 10.7 Å². The fourth-order valence-corrected chi connectivity index (χ4v) is 5.39. The molecule has 0 radical (unpaired) electrons. The molecule has 0 aliphatic carbocycles. The fraction of sp³-hybridized carbons (Fsp3) is 0.179. The lowest BCUT2D eigenvalue weighted by molar-refractivity contribution is 0.102. The van der Waals surface area contributed by atoms with Gasteiger partial charge >= 0.3 is 0 Å². The quantitative estimate of drug-likeness (QED) is 0.246. The van der Waals surface area contributed by atoms with Gasteiger partial charge in [-0.25, -0.2) is 9.97 Å². The first-order valence-electron chi connectivity index (χ1n) is 12.3. The molecule has 186 valence electrons. The van der Waals surface area contributed by atoms with E-state index in [1.165, 1.54) is 29.9 Å². The molecular formula is C28H27N7OS. The van der Waals surface area contributed by atoms with Gasteiger partial charge in [0.15, 0.2) is 5.13 Å². The third-order valence-corrected chi connectivity index (χ3v) is 7.33. The molecule has 0 bridgehead atoms. The Morgan fingerprint density at radius 2 is 1.81 bits per heavy atom. The summed E-state index contributed by atoms with van der Waals surface area (Å²) in [6.45, 7) is 3.20. The number of carbonyl (C=O) groups excluding carboxylic acids is 1. The minimum Gasteiger partial charge on any atom is -0.397 e. The van der Waals surface area contributed by atoms with E-state index in [0.29, 0.717) is 16.9 Å².